The third-order valence-corrected chi connectivity index (χ3v) is 4.82. The van der Waals surface area contributed by atoms with Gasteiger partial charge in [0.2, 0.25) is 0 Å². The van der Waals surface area contributed by atoms with Gasteiger partial charge in [-0.2, -0.15) is 0 Å². The highest BCUT2D eigenvalue weighted by atomic mass is 16.1. The Hall–Kier alpha value is -3.19. The molecule has 0 unspecified atom stereocenters. The molecule has 0 aliphatic heterocycles. The summed E-state index contributed by atoms with van der Waals surface area (Å²) in [4.78, 5) is 12.5. The molecule has 0 saturated heterocycles. The fourth-order valence-corrected chi connectivity index (χ4v) is 3.37. The third-order valence-electron chi connectivity index (χ3n) is 4.82. The molecule has 0 amide bonds. The molecule has 126 valence electrons. The van der Waals surface area contributed by atoms with Crippen molar-refractivity contribution in [3.63, 3.8) is 0 Å². The molecule has 0 N–H and O–H groups in total. The summed E-state index contributed by atoms with van der Waals surface area (Å²) >= 11 is 0. The highest BCUT2D eigenvalue weighted by Crippen LogP contribution is 2.20. The molecule has 0 saturated carbocycles. The predicted octanol–water partition coefficient (Wildman–Crippen LogP) is 5.86. The quantitative estimate of drug-likeness (QED) is 0.417. The Morgan fingerprint density at radius 2 is 1.23 bits per heavy atom. The van der Waals surface area contributed by atoms with E-state index < -0.39 is 0 Å². The van der Waals surface area contributed by atoms with Gasteiger partial charge in [-0.3, -0.25) is 4.79 Å². The Balaban J connectivity index is 1.49. The fraction of sp³-hybridized carbons (Fsp3) is 0.0800. The van der Waals surface area contributed by atoms with Crippen LogP contribution in [-0.4, -0.2) is 5.78 Å². The van der Waals surface area contributed by atoms with Crippen LogP contribution >= 0.6 is 0 Å². The second kappa shape index (κ2) is 7.37. The van der Waals surface area contributed by atoms with Crippen molar-refractivity contribution in [1.29, 1.82) is 0 Å². The van der Waals surface area contributed by atoms with E-state index >= 15 is 0 Å². The van der Waals surface area contributed by atoms with Gasteiger partial charge in [-0.15, -0.1) is 0 Å². The summed E-state index contributed by atoms with van der Waals surface area (Å²) in [5.74, 6) is 0.0752. The average molecular weight is 336 g/mol. The van der Waals surface area contributed by atoms with Crippen molar-refractivity contribution in [2.75, 3.05) is 0 Å². The first-order valence-electron chi connectivity index (χ1n) is 8.96. The summed E-state index contributed by atoms with van der Waals surface area (Å²) in [5, 5.41) is 2.61. The Morgan fingerprint density at radius 3 is 2.04 bits per heavy atom. The minimum atomic E-state index is 0.0752. The summed E-state index contributed by atoms with van der Waals surface area (Å²) in [5.41, 5.74) is 4.09. The van der Waals surface area contributed by atoms with Crippen molar-refractivity contribution in [1.82, 2.24) is 0 Å². The van der Waals surface area contributed by atoms with Gasteiger partial charge >= 0.3 is 0 Å². The van der Waals surface area contributed by atoms with Crippen molar-refractivity contribution in [2.45, 2.75) is 12.8 Å². The standard InChI is InChI=1S/C25H20O/c26-25(22-8-2-1-3-9-22)23-17-14-19(15-18-23)13-16-21-11-6-10-20-7-4-5-12-24(20)21/h1-12,14-15,17-18H,13,16H2. The van der Waals surface area contributed by atoms with E-state index in [0.29, 0.717) is 0 Å². The Morgan fingerprint density at radius 1 is 0.577 bits per heavy atom. The molecule has 0 atom stereocenters. The molecule has 4 aromatic rings. The Kier molecular flexibility index (Phi) is 4.61. The van der Waals surface area contributed by atoms with Gasteiger partial charge in [0.1, 0.15) is 0 Å². The van der Waals surface area contributed by atoms with E-state index in [-0.39, 0.29) is 5.78 Å². The summed E-state index contributed by atoms with van der Waals surface area (Å²) < 4.78 is 0. The second-order valence-electron chi connectivity index (χ2n) is 6.53. The maximum atomic E-state index is 12.5. The van der Waals surface area contributed by atoms with E-state index in [1.165, 1.54) is 21.9 Å². The van der Waals surface area contributed by atoms with Crippen molar-refractivity contribution in [2.24, 2.45) is 0 Å². The molecular formula is C25H20O. The molecule has 4 aromatic carbocycles. The van der Waals surface area contributed by atoms with E-state index in [1.54, 1.807) is 0 Å². The zero-order valence-corrected chi connectivity index (χ0v) is 14.6. The minimum Gasteiger partial charge on any atom is -0.289 e. The van der Waals surface area contributed by atoms with Crippen molar-refractivity contribution in [3.8, 4) is 0 Å². The van der Waals surface area contributed by atoms with E-state index in [4.69, 9.17) is 0 Å². The molecule has 0 aliphatic rings. The van der Waals surface area contributed by atoms with Crippen LogP contribution in [0.5, 0.6) is 0 Å². The number of fused-ring (bicyclic) bond motifs is 1. The molecule has 0 aliphatic carbocycles. The molecule has 1 nitrogen and oxygen atoms in total. The monoisotopic (exact) mass is 336 g/mol. The van der Waals surface area contributed by atoms with Crippen LogP contribution in [0.4, 0.5) is 0 Å². The van der Waals surface area contributed by atoms with E-state index in [0.717, 1.165) is 24.0 Å². The fourth-order valence-electron chi connectivity index (χ4n) is 3.37. The van der Waals surface area contributed by atoms with E-state index in [9.17, 15) is 4.79 Å². The first kappa shape index (κ1) is 16.3. The number of carbonyl (C=O) groups is 1. The van der Waals surface area contributed by atoms with Gasteiger partial charge in [-0.25, -0.2) is 0 Å². The Bertz CT molecular complexity index is 1030. The maximum absolute atomic E-state index is 12.5. The van der Waals surface area contributed by atoms with E-state index in [2.05, 4.69) is 54.6 Å². The van der Waals surface area contributed by atoms with Gasteiger partial charge in [-0.1, -0.05) is 97.1 Å². The topological polar surface area (TPSA) is 17.1 Å². The van der Waals surface area contributed by atoms with Crippen LogP contribution in [0, 0.1) is 0 Å². The van der Waals surface area contributed by atoms with Crippen LogP contribution in [0.2, 0.25) is 0 Å². The average Bonchev–Trinajstić information content (AvgIpc) is 2.73. The number of ketones is 1. The van der Waals surface area contributed by atoms with Crippen LogP contribution in [0.15, 0.2) is 97.1 Å². The largest absolute Gasteiger partial charge is 0.289 e. The third kappa shape index (κ3) is 3.43. The van der Waals surface area contributed by atoms with Crippen LogP contribution < -0.4 is 0 Å². The zero-order valence-electron chi connectivity index (χ0n) is 14.6. The number of hydrogen-bond acceptors (Lipinski definition) is 1. The lowest BCUT2D eigenvalue weighted by atomic mass is 9.97. The van der Waals surface area contributed by atoms with Crippen LogP contribution in [-0.2, 0) is 12.8 Å². The molecule has 1 heteroatoms. The molecular weight excluding hydrogens is 316 g/mol. The number of carbonyl (C=O) groups excluding carboxylic acids is 1. The lowest BCUT2D eigenvalue weighted by Gasteiger charge is -2.07. The first-order chi connectivity index (χ1) is 12.8. The Labute approximate surface area is 153 Å². The van der Waals surface area contributed by atoms with Crippen LogP contribution in [0.25, 0.3) is 10.8 Å². The van der Waals surface area contributed by atoms with Gasteiger partial charge in [0.25, 0.3) is 0 Å². The summed E-state index contributed by atoms with van der Waals surface area (Å²) in [6.07, 6.45) is 1.96. The zero-order chi connectivity index (χ0) is 17.8. The molecule has 0 radical (unpaired) electrons. The molecule has 0 spiro atoms. The van der Waals surface area contributed by atoms with Gasteiger partial charge in [0.15, 0.2) is 5.78 Å². The maximum Gasteiger partial charge on any atom is 0.193 e. The lowest BCUT2D eigenvalue weighted by Crippen LogP contribution is -2.01. The van der Waals surface area contributed by atoms with Crippen LogP contribution in [0.3, 0.4) is 0 Å². The normalized spacial score (nSPS) is 10.8. The number of aryl methyl sites for hydroxylation is 2. The van der Waals surface area contributed by atoms with Gasteiger partial charge in [0.05, 0.1) is 0 Å². The molecule has 0 fully saturated rings. The van der Waals surface area contributed by atoms with Crippen LogP contribution in [0.1, 0.15) is 27.0 Å². The second-order valence-corrected chi connectivity index (χ2v) is 6.53. The highest BCUT2D eigenvalue weighted by Gasteiger charge is 2.08. The smallest absolute Gasteiger partial charge is 0.193 e. The van der Waals surface area contributed by atoms with Crippen molar-refractivity contribution < 1.29 is 4.79 Å². The minimum absolute atomic E-state index is 0.0752. The number of rotatable bonds is 5. The molecule has 0 aromatic heterocycles. The van der Waals surface area contributed by atoms with Gasteiger partial charge < -0.3 is 0 Å². The summed E-state index contributed by atoms with van der Waals surface area (Å²) in [6.45, 7) is 0. The first-order valence-corrected chi connectivity index (χ1v) is 8.96. The molecule has 0 bridgehead atoms. The van der Waals surface area contributed by atoms with E-state index in [1.807, 2.05) is 42.5 Å². The molecule has 0 heterocycles. The summed E-state index contributed by atoms with van der Waals surface area (Å²) in [6, 6.07) is 32.4. The van der Waals surface area contributed by atoms with Gasteiger partial charge in [-0.05, 0) is 34.7 Å². The number of hydrogen-bond donors (Lipinski definition) is 0. The molecule has 4 rings (SSSR count). The predicted molar refractivity (Wildman–Crippen MR) is 108 cm³/mol. The SMILES string of the molecule is O=C(c1ccccc1)c1ccc(CCc2cccc3ccccc23)cc1. The van der Waals surface area contributed by atoms with Crippen molar-refractivity contribution >= 4 is 16.6 Å². The number of benzene rings is 4. The summed E-state index contributed by atoms with van der Waals surface area (Å²) in [7, 11) is 0. The van der Waals surface area contributed by atoms with Crippen molar-refractivity contribution in [3.05, 3.63) is 119 Å². The van der Waals surface area contributed by atoms with Gasteiger partial charge in [0, 0.05) is 11.1 Å². The lowest BCUT2D eigenvalue weighted by molar-refractivity contribution is 0.103. The molecule has 26 heavy (non-hydrogen) atoms. The highest BCUT2D eigenvalue weighted by molar-refractivity contribution is 6.08.